The Morgan fingerprint density at radius 3 is 1.42 bits per heavy atom. The molecule has 0 aliphatic heterocycles. The van der Waals surface area contributed by atoms with Gasteiger partial charge in [0.25, 0.3) is 0 Å². The third kappa shape index (κ3) is 75.0. The molecule has 0 spiro atoms. The van der Waals surface area contributed by atoms with Gasteiger partial charge in [-0.05, 0) is 5.92 Å². The van der Waals surface area contributed by atoms with Crippen LogP contribution in [0.15, 0.2) is 0 Å². The number of hydrogen-bond donors (Lipinski definition) is 0. The van der Waals surface area contributed by atoms with Gasteiger partial charge in [-0.2, -0.15) is 6.42 Å². The minimum atomic E-state index is 0. The molecule has 0 saturated carbocycles. The maximum absolute atomic E-state index is 3.73. The third-order valence-electron chi connectivity index (χ3n) is 0.781. The van der Waals surface area contributed by atoms with Gasteiger partial charge in [-0.1, -0.05) is 40.5 Å². The number of halogens is 1. The first-order valence-corrected chi connectivity index (χ1v) is 3.98. The first kappa shape index (κ1) is 29.3. The molecular formula is C10H25FW. The van der Waals surface area contributed by atoms with Crippen molar-refractivity contribution < 1.29 is 25.8 Å². The second kappa shape index (κ2) is 29.9. The molecule has 0 aromatic heterocycles. The summed E-state index contributed by atoms with van der Waals surface area (Å²) in [5.74, 6) is 0.836. The quantitative estimate of drug-likeness (QED) is 0.654. The van der Waals surface area contributed by atoms with Crippen LogP contribution >= 0.6 is 0 Å². The summed E-state index contributed by atoms with van der Waals surface area (Å²) in [6.07, 6.45) is 3.59. The Hall–Kier alpha value is 0.618. The van der Waals surface area contributed by atoms with Gasteiger partial charge in [0.15, 0.2) is 0 Å². The minimum absolute atomic E-state index is 0. The zero-order chi connectivity index (χ0) is 7.70. The van der Waals surface area contributed by atoms with Gasteiger partial charge in [0, 0.05) is 0 Å². The van der Waals surface area contributed by atoms with Crippen LogP contribution in [-0.2, 0) is 21.1 Å². The van der Waals surface area contributed by atoms with Crippen LogP contribution in [0.2, 0.25) is 0 Å². The summed E-state index contributed by atoms with van der Waals surface area (Å²) in [6, 6.07) is 0. The van der Waals surface area contributed by atoms with Gasteiger partial charge >= 0.3 is 21.1 Å². The van der Waals surface area contributed by atoms with Crippen LogP contribution in [0.1, 0.15) is 47.0 Å². The van der Waals surface area contributed by atoms with Crippen LogP contribution < -0.4 is 0 Å². The normalized spacial score (nSPS) is 6.50. The minimum Gasteiger partial charge on any atom is -0.358 e. The molecule has 0 aliphatic rings. The average molecular weight is 348 g/mol. The van der Waals surface area contributed by atoms with E-state index in [0.717, 1.165) is 12.3 Å². The molecular weight excluding hydrogens is 323 g/mol. The third-order valence-corrected chi connectivity index (χ3v) is 0.781. The van der Waals surface area contributed by atoms with Crippen molar-refractivity contribution in [3.05, 3.63) is 14.4 Å². The number of rotatable bonds is 2. The molecule has 0 radical (unpaired) electrons. The molecule has 0 amide bonds. The largest absolute Gasteiger partial charge is 2.00 e. The Bertz CT molecular complexity index is 38.8. The molecule has 0 aliphatic carbocycles. The van der Waals surface area contributed by atoms with Crippen LogP contribution in [-0.4, -0.2) is 0 Å². The molecule has 0 bridgehead atoms. The van der Waals surface area contributed by atoms with Crippen LogP contribution in [0.3, 0.4) is 0 Å². The van der Waals surface area contributed by atoms with Crippen LogP contribution in [0, 0.1) is 20.3 Å². The molecule has 0 atom stereocenters. The molecule has 12 heavy (non-hydrogen) atoms. The summed E-state index contributed by atoms with van der Waals surface area (Å²) in [6.45, 7) is 12.4. The zero-order valence-electron chi connectivity index (χ0n) is 9.22. The Kier molecular flexibility index (Phi) is 73.1. The fourth-order valence-electron chi connectivity index (χ4n) is 0.408. The monoisotopic (exact) mass is 348 g/mol. The molecule has 0 heterocycles. The van der Waals surface area contributed by atoms with Crippen molar-refractivity contribution in [1.82, 2.24) is 0 Å². The molecule has 0 aromatic rings. The van der Waals surface area contributed by atoms with Crippen molar-refractivity contribution in [2.75, 3.05) is 0 Å². The Morgan fingerprint density at radius 1 is 1.17 bits per heavy atom. The Balaban J connectivity index is -0.0000000246. The van der Waals surface area contributed by atoms with E-state index in [1.165, 1.54) is 12.8 Å². The van der Waals surface area contributed by atoms with E-state index in [1.54, 1.807) is 0 Å². The van der Waals surface area contributed by atoms with Crippen molar-refractivity contribution in [3.63, 3.8) is 0 Å². The molecule has 0 rings (SSSR count). The predicted molar refractivity (Wildman–Crippen MR) is 54.3 cm³/mol. The zero-order valence-corrected chi connectivity index (χ0v) is 12.2. The van der Waals surface area contributed by atoms with E-state index in [0.29, 0.717) is 0 Å². The fraction of sp³-hybridized carbons (Fsp3) is 0.800. The van der Waals surface area contributed by atoms with E-state index >= 15 is 0 Å². The van der Waals surface area contributed by atoms with E-state index in [4.69, 9.17) is 0 Å². The van der Waals surface area contributed by atoms with E-state index in [1.807, 2.05) is 0 Å². The van der Waals surface area contributed by atoms with E-state index in [-0.39, 0.29) is 33.2 Å². The average Bonchev–Trinajstić information content (AvgIpc) is 1.67. The SMILES string of the molecule is CCC.F.[CH2-]CCC(C)C.[CH3-].[W+2]. The van der Waals surface area contributed by atoms with Gasteiger partial charge in [-0.25, -0.2) is 0 Å². The van der Waals surface area contributed by atoms with Crippen molar-refractivity contribution in [1.29, 1.82) is 0 Å². The van der Waals surface area contributed by atoms with Crippen molar-refractivity contribution in [2.45, 2.75) is 47.0 Å². The molecule has 2 heteroatoms. The first-order valence-electron chi connectivity index (χ1n) is 3.98. The van der Waals surface area contributed by atoms with Gasteiger partial charge in [-0.15, -0.1) is 0 Å². The van der Waals surface area contributed by atoms with Crippen molar-refractivity contribution >= 4 is 0 Å². The second-order valence-corrected chi connectivity index (χ2v) is 2.74. The summed E-state index contributed by atoms with van der Waals surface area (Å²) in [5, 5.41) is 0. The molecule has 0 fully saturated rings. The molecule has 0 saturated heterocycles. The summed E-state index contributed by atoms with van der Waals surface area (Å²) >= 11 is 0. The summed E-state index contributed by atoms with van der Waals surface area (Å²) in [4.78, 5) is 0. The molecule has 0 unspecified atom stereocenters. The maximum atomic E-state index is 3.73. The van der Waals surface area contributed by atoms with Gasteiger partial charge < -0.3 is 14.4 Å². The van der Waals surface area contributed by atoms with Crippen molar-refractivity contribution in [3.8, 4) is 0 Å². The van der Waals surface area contributed by atoms with Gasteiger partial charge in [0.1, 0.15) is 0 Å². The predicted octanol–water partition coefficient (Wildman–Crippen LogP) is 4.27. The number of hydrogen-bond acceptors (Lipinski definition) is 0. The summed E-state index contributed by atoms with van der Waals surface area (Å²) in [7, 11) is 0. The van der Waals surface area contributed by atoms with E-state index < -0.39 is 0 Å². The fourth-order valence-corrected chi connectivity index (χ4v) is 0.408. The molecule has 78 valence electrons. The Morgan fingerprint density at radius 2 is 1.42 bits per heavy atom. The smallest absolute Gasteiger partial charge is 0.358 e. The van der Waals surface area contributed by atoms with E-state index in [2.05, 4.69) is 34.6 Å². The summed E-state index contributed by atoms with van der Waals surface area (Å²) < 4.78 is 0. The first-order chi connectivity index (χ1) is 4.18. The second-order valence-electron chi connectivity index (χ2n) is 2.74. The van der Waals surface area contributed by atoms with Crippen LogP contribution in [0.25, 0.3) is 0 Å². The van der Waals surface area contributed by atoms with Crippen molar-refractivity contribution in [2.24, 2.45) is 5.92 Å². The van der Waals surface area contributed by atoms with E-state index in [9.17, 15) is 0 Å². The van der Waals surface area contributed by atoms with Gasteiger partial charge in [-0.3, -0.25) is 4.70 Å². The Labute approximate surface area is 93.2 Å². The standard InChI is InChI=1S/C6H13.C3H8.CH3.FH.W/c1-4-5-6(2)3;1-3-2;;;/h6H,1,4-5H2,2-3H3;3H2,1-2H3;1H3;1H;/q-1;;-1;;+2. The molecule has 0 nitrogen and oxygen atoms in total. The van der Waals surface area contributed by atoms with Gasteiger partial charge in [0.05, 0.1) is 0 Å². The van der Waals surface area contributed by atoms with Crippen LogP contribution in [0.5, 0.6) is 0 Å². The van der Waals surface area contributed by atoms with Gasteiger partial charge in [0.2, 0.25) is 0 Å². The molecule has 0 aromatic carbocycles. The summed E-state index contributed by atoms with van der Waals surface area (Å²) in [5.41, 5.74) is 0. The topological polar surface area (TPSA) is 0 Å². The molecule has 0 N–H and O–H groups in total. The van der Waals surface area contributed by atoms with Crippen LogP contribution in [0.4, 0.5) is 4.70 Å². The maximum Gasteiger partial charge on any atom is 2.00 e.